The molecule has 5 nitrogen and oxygen atoms in total. The number of aryl methyl sites for hydroxylation is 1. The monoisotopic (exact) mass is 428 g/mol. The van der Waals surface area contributed by atoms with Crippen molar-refractivity contribution in [3.63, 3.8) is 0 Å². The van der Waals surface area contributed by atoms with Gasteiger partial charge in [-0.05, 0) is 44.5 Å². The minimum atomic E-state index is -4.81. The van der Waals surface area contributed by atoms with Gasteiger partial charge in [0.05, 0.1) is 31.6 Å². The highest BCUT2D eigenvalue weighted by Crippen LogP contribution is 2.45. The molecule has 0 aliphatic carbocycles. The summed E-state index contributed by atoms with van der Waals surface area (Å²) in [5.74, 6) is -0.257. The summed E-state index contributed by atoms with van der Waals surface area (Å²) in [6, 6.07) is 5.54. The molecular weight excluding hydrogens is 404 g/mol. The molecule has 9 heteroatoms. The third-order valence-corrected chi connectivity index (χ3v) is 5.07. The van der Waals surface area contributed by atoms with Gasteiger partial charge in [0.15, 0.2) is 5.67 Å². The number of rotatable bonds is 6. The number of fused-ring (bicyclic) bond motifs is 1. The fourth-order valence-corrected chi connectivity index (χ4v) is 3.74. The lowest BCUT2D eigenvalue weighted by Crippen LogP contribution is -2.37. The highest BCUT2D eigenvalue weighted by atomic mass is 19.4. The number of methoxy groups -OCH3 is 2. The molecule has 0 bridgehead atoms. The van der Waals surface area contributed by atoms with Crippen molar-refractivity contribution in [3.8, 4) is 22.8 Å². The van der Waals surface area contributed by atoms with Crippen LogP contribution in [0.25, 0.3) is 11.3 Å². The van der Waals surface area contributed by atoms with Crippen LogP contribution in [0, 0.1) is 6.92 Å². The molecule has 2 heterocycles. The van der Waals surface area contributed by atoms with Gasteiger partial charge in [0, 0.05) is 24.8 Å². The zero-order valence-corrected chi connectivity index (χ0v) is 17.4. The maximum Gasteiger partial charge on any atom is 0.573 e. The zero-order valence-electron chi connectivity index (χ0n) is 17.4. The Balaban J connectivity index is 2.07. The molecule has 0 radical (unpaired) electrons. The summed E-state index contributed by atoms with van der Waals surface area (Å²) in [6.45, 7) is 5.80. The Morgan fingerprint density at radius 1 is 1.23 bits per heavy atom. The summed E-state index contributed by atoms with van der Waals surface area (Å²) in [6.07, 6.45) is -4.81. The van der Waals surface area contributed by atoms with Gasteiger partial charge in [-0.1, -0.05) is 0 Å². The van der Waals surface area contributed by atoms with E-state index in [1.54, 1.807) is 7.11 Å². The number of aromatic nitrogens is 1. The van der Waals surface area contributed by atoms with Crippen LogP contribution in [0.2, 0.25) is 0 Å². The molecule has 164 valence electrons. The second-order valence-electron chi connectivity index (χ2n) is 7.56. The van der Waals surface area contributed by atoms with Crippen molar-refractivity contribution in [1.29, 1.82) is 0 Å². The van der Waals surface area contributed by atoms with Gasteiger partial charge in [-0.2, -0.15) is 0 Å². The van der Waals surface area contributed by atoms with E-state index in [1.165, 1.54) is 26.2 Å². The van der Waals surface area contributed by atoms with E-state index in [0.717, 1.165) is 11.6 Å². The average molecular weight is 428 g/mol. The summed E-state index contributed by atoms with van der Waals surface area (Å²) in [4.78, 5) is 6.50. The third kappa shape index (κ3) is 4.30. The summed E-state index contributed by atoms with van der Waals surface area (Å²) < 4.78 is 67.4. The predicted molar refractivity (Wildman–Crippen MR) is 105 cm³/mol. The molecule has 1 unspecified atom stereocenters. The van der Waals surface area contributed by atoms with Crippen LogP contribution in [0.5, 0.6) is 11.5 Å². The molecule has 2 aromatic rings. The molecule has 30 heavy (non-hydrogen) atoms. The minimum Gasteiger partial charge on any atom is -0.496 e. The molecule has 0 saturated carbocycles. The number of hydrogen-bond acceptors (Lipinski definition) is 5. The van der Waals surface area contributed by atoms with Gasteiger partial charge >= 0.3 is 6.36 Å². The lowest BCUT2D eigenvalue weighted by molar-refractivity contribution is -0.274. The predicted octanol–water partition coefficient (Wildman–Crippen LogP) is 5.00. The average Bonchev–Trinajstić information content (AvgIpc) is 2.90. The quantitative estimate of drug-likeness (QED) is 0.606. The number of benzene rings is 1. The first kappa shape index (κ1) is 22.1. The zero-order chi connectivity index (χ0) is 22.3. The molecule has 1 aromatic heterocycles. The molecular formula is C21H24F4N2O3. The van der Waals surface area contributed by atoms with Crippen LogP contribution in [-0.2, 0) is 10.4 Å². The van der Waals surface area contributed by atoms with Crippen LogP contribution in [-0.4, -0.2) is 44.8 Å². The van der Waals surface area contributed by atoms with E-state index in [9.17, 15) is 13.2 Å². The highest BCUT2D eigenvalue weighted by molar-refractivity contribution is 5.75. The van der Waals surface area contributed by atoms with Crippen LogP contribution in [0.15, 0.2) is 24.3 Å². The van der Waals surface area contributed by atoms with Crippen LogP contribution in [0.4, 0.5) is 23.2 Å². The topological polar surface area (TPSA) is 43.8 Å². The van der Waals surface area contributed by atoms with E-state index in [2.05, 4.69) is 9.72 Å². The number of pyridine rings is 1. The Bertz CT molecular complexity index is 931. The Labute approximate surface area is 172 Å². The van der Waals surface area contributed by atoms with Crippen molar-refractivity contribution >= 4 is 5.69 Å². The van der Waals surface area contributed by atoms with Gasteiger partial charge in [-0.3, -0.25) is 0 Å². The van der Waals surface area contributed by atoms with E-state index in [1.807, 2.05) is 24.8 Å². The largest absolute Gasteiger partial charge is 0.573 e. The maximum absolute atomic E-state index is 15.4. The van der Waals surface area contributed by atoms with E-state index in [0.29, 0.717) is 23.6 Å². The van der Waals surface area contributed by atoms with Crippen molar-refractivity contribution in [2.24, 2.45) is 0 Å². The van der Waals surface area contributed by atoms with Crippen molar-refractivity contribution in [2.45, 2.75) is 38.8 Å². The van der Waals surface area contributed by atoms with Crippen LogP contribution in [0.3, 0.4) is 0 Å². The van der Waals surface area contributed by atoms with Crippen molar-refractivity contribution < 1.29 is 31.8 Å². The number of ether oxygens (including phenoxy) is 3. The van der Waals surface area contributed by atoms with Gasteiger partial charge in [-0.25, -0.2) is 9.37 Å². The standard InChI is InChI=1S/C21H24F4N2O3/c1-12-8-16-19(20(3,22)11-27(16)13(2)10-28-4)26-18(12)15-7-6-14(9-17(15)29-5)30-21(23,24)25/h6-9,13H,10-11H2,1-5H3/t13-,20?/m0/s1. The Morgan fingerprint density at radius 3 is 2.53 bits per heavy atom. The molecule has 0 spiro atoms. The molecule has 1 aliphatic rings. The van der Waals surface area contributed by atoms with Gasteiger partial charge in [0.1, 0.15) is 17.2 Å². The molecule has 1 aromatic carbocycles. The molecule has 1 aliphatic heterocycles. The fourth-order valence-electron chi connectivity index (χ4n) is 3.74. The van der Waals surface area contributed by atoms with Crippen LogP contribution >= 0.6 is 0 Å². The number of alkyl halides is 4. The molecule has 2 atom stereocenters. The fraction of sp³-hybridized carbons (Fsp3) is 0.476. The number of halogens is 4. The van der Waals surface area contributed by atoms with Crippen molar-refractivity contribution in [2.75, 3.05) is 32.3 Å². The lowest BCUT2D eigenvalue weighted by Gasteiger charge is -2.27. The summed E-state index contributed by atoms with van der Waals surface area (Å²) in [5.41, 5.74) is 0.905. The normalized spacial score (nSPS) is 19.6. The Hall–Kier alpha value is -2.55. The van der Waals surface area contributed by atoms with E-state index in [4.69, 9.17) is 9.47 Å². The van der Waals surface area contributed by atoms with E-state index >= 15 is 4.39 Å². The minimum absolute atomic E-state index is 0.0493. The summed E-state index contributed by atoms with van der Waals surface area (Å²) in [5, 5.41) is 0. The van der Waals surface area contributed by atoms with Crippen LogP contribution in [0.1, 0.15) is 25.1 Å². The first-order chi connectivity index (χ1) is 14.0. The molecule has 0 N–H and O–H groups in total. The lowest BCUT2D eigenvalue weighted by atomic mass is 10.0. The Morgan fingerprint density at radius 2 is 1.93 bits per heavy atom. The molecule has 0 saturated heterocycles. The van der Waals surface area contributed by atoms with Gasteiger partial charge in [-0.15, -0.1) is 13.2 Å². The van der Waals surface area contributed by atoms with Gasteiger partial charge in [0.2, 0.25) is 0 Å². The first-order valence-electron chi connectivity index (χ1n) is 9.37. The van der Waals surface area contributed by atoms with Gasteiger partial charge in [0.25, 0.3) is 0 Å². The molecule has 3 rings (SSSR count). The van der Waals surface area contributed by atoms with Crippen molar-refractivity contribution in [1.82, 2.24) is 4.98 Å². The van der Waals surface area contributed by atoms with E-state index in [-0.39, 0.29) is 24.0 Å². The summed E-state index contributed by atoms with van der Waals surface area (Å²) >= 11 is 0. The number of hydrogen-bond donors (Lipinski definition) is 0. The van der Waals surface area contributed by atoms with Gasteiger partial charge < -0.3 is 19.1 Å². The molecule has 0 fully saturated rings. The van der Waals surface area contributed by atoms with Crippen LogP contribution < -0.4 is 14.4 Å². The smallest absolute Gasteiger partial charge is 0.496 e. The number of anilines is 1. The Kier molecular flexibility index (Phi) is 5.86. The number of nitrogens with zero attached hydrogens (tertiary/aromatic N) is 2. The summed E-state index contributed by atoms with van der Waals surface area (Å²) in [7, 11) is 2.93. The molecule has 0 amide bonds. The SMILES string of the molecule is COC[C@H](C)N1CC(C)(F)c2nc(-c3ccc(OC(F)(F)F)cc3OC)c(C)cc21. The first-order valence-corrected chi connectivity index (χ1v) is 9.37. The second kappa shape index (κ2) is 7.94. The second-order valence-corrected chi connectivity index (χ2v) is 7.56. The van der Waals surface area contributed by atoms with E-state index < -0.39 is 17.8 Å². The third-order valence-electron chi connectivity index (χ3n) is 5.07. The van der Waals surface area contributed by atoms with Crippen molar-refractivity contribution in [3.05, 3.63) is 35.5 Å². The highest BCUT2D eigenvalue weighted by Gasteiger charge is 2.43. The maximum atomic E-state index is 15.4.